The topological polar surface area (TPSA) is 21.1 Å². The van der Waals surface area contributed by atoms with Crippen LogP contribution in [0.1, 0.15) is 19.4 Å². The van der Waals surface area contributed by atoms with Crippen LogP contribution >= 0.6 is 0 Å². The van der Waals surface area contributed by atoms with Crippen LogP contribution in [0.4, 0.5) is 5.69 Å². The van der Waals surface area contributed by atoms with Crippen LogP contribution in [0.2, 0.25) is 0 Å². The summed E-state index contributed by atoms with van der Waals surface area (Å²) >= 11 is 0. The van der Waals surface area contributed by atoms with Crippen molar-refractivity contribution in [2.75, 3.05) is 19.0 Å². The van der Waals surface area contributed by atoms with Gasteiger partial charge < -0.3 is 9.47 Å². The largest absolute Gasteiger partial charge is 0.378 e. The molecule has 120 valence electrons. The quantitative estimate of drug-likeness (QED) is 0.683. The van der Waals surface area contributed by atoms with Gasteiger partial charge in [0.25, 0.3) is 0 Å². The Balaban J connectivity index is 0.000000924. The number of aromatic nitrogens is 2. The third kappa shape index (κ3) is 4.01. The van der Waals surface area contributed by atoms with Gasteiger partial charge in [0.1, 0.15) is 0 Å². The highest BCUT2D eigenvalue weighted by Gasteiger charge is 2.04. The predicted octanol–water partition coefficient (Wildman–Crippen LogP) is 4.94. The maximum atomic E-state index is 4.51. The smallest absolute Gasteiger partial charge is 0.0999 e. The van der Waals surface area contributed by atoms with Crippen LogP contribution in [-0.2, 0) is 0 Å². The van der Waals surface area contributed by atoms with Gasteiger partial charge in [0, 0.05) is 37.2 Å². The molecule has 0 spiro atoms. The van der Waals surface area contributed by atoms with E-state index in [2.05, 4.69) is 76.1 Å². The number of nitrogens with zero attached hydrogens (tertiary/aromatic N) is 3. The molecule has 0 atom stereocenters. The van der Waals surface area contributed by atoms with E-state index in [0.29, 0.717) is 0 Å². The van der Waals surface area contributed by atoms with Crippen molar-refractivity contribution in [1.29, 1.82) is 0 Å². The molecule has 3 heteroatoms. The third-order valence-corrected chi connectivity index (χ3v) is 3.59. The van der Waals surface area contributed by atoms with Crippen molar-refractivity contribution in [2.45, 2.75) is 20.8 Å². The van der Waals surface area contributed by atoms with Crippen LogP contribution in [-0.4, -0.2) is 23.6 Å². The molecule has 0 saturated carbocycles. The molecule has 0 radical (unpaired) electrons. The molecule has 23 heavy (non-hydrogen) atoms. The molecule has 0 aliphatic rings. The summed E-state index contributed by atoms with van der Waals surface area (Å²) in [6.07, 6.45) is 3.93. The van der Waals surface area contributed by atoms with Crippen molar-refractivity contribution in [3.8, 4) is 16.9 Å². The van der Waals surface area contributed by atoms with Gasteiger partial charge in [-0.15, -0.1) is 0 Å². The predicted molar refractivity (Wildman–Crippen MR) is 99.4 cm³/mol. The van der Waals surface area contributed by atoms with Gasteiger partial charge in [-0.25, -0.2) is 4.98 Å². The molecular weight excluding hydrogens is 282 g/mol. The molecular formula is C20H25N3. The Kier molecular flexibility index (Phi) is 5.58. The van der Waals surface area contributed by atoms with Crippen molar-refractivity contribution >= 4 is 5.69 Å². The lowest BCUT2D eigenvalue weighted by atomic mass is 10.1. The molecule has 0 aliphatic heterocycles. The summed E-state index contributed by atoms with van der Waals surface area (Å²) in [7, 11) is 4.09. The fraction of sp³-hybridized carbons (Fsp3) is 0.250. The van der Waals surface area contributed by atoms with Gasteiger partial charge in [-0.05, 0) is 31.2 Å². The van der Waals surface area contributed by atoms with E-state index in [1.807, 2.05) is 34.3 Å². The molecule has 3 aromatic rings. The van der Waals surface area contributed by atoms with Gasteiger partial charge in [-0.3, -0.25) is 0 Å². The maximum absolute atomic E-state index is 4.51. The second-order valence-electron chi connectivity index (χ2n) is 5.44. The second kappa shape index (κ2) is 7.63. The average molecular weight is 307 g/mol. The zero-order chi connectivity index (χ0) is 16.8. The SMILES string of the molecule is CC.Cc1ccc(-n2cnc(-c3ccc(N(C)C)cc3)c2)cc1. The minimum Gasteiger partial charge on any atom is -0.378 e. The summed E-state index contributed by atoms with van der Waals surface area (Å²) < 4.78 is 2.05. The number of anilines is 1. The lowest BCUT2D eigenvalue weighted by Gasteiger charge is -2.12. The Morgan fingerprint density at radius 3 is 2.04 bits per heavy atom. The van der Waals surface area contributed by atoms with Crippen LogP contribution < -0.4 is 4.90 Å². The molecule has 2 aromatic carbocycles. The van der Waals surface area contributed by atoms with E-state index in [0.717, 1.165) is 16.9 Å². The number of rotatable bonds is 3. The van der Waals surface area contributed by atoms with Crippen LogP contribution in [0, 0.1) is 6.92 Å². The maximum Gasteiger partial charge on any atom is 0.0999 e. The van der Waals surface area contributed by atoms with Crippen molar-refractivity contribution < 1.29 is 0 Å². The first-order valence-corrected chi connectivity index (χ1v) is 8.02. The zero-order valence-electron chi connectivity index (χ0n) is 14.6. The highest BCUT2D eigenvalue weighted by atomic mass is 15.1. The van der Waals surface area contributed by atoms with Gasteiger partial charge in [-0.1, -0.05) is 43.7 Å². The molecule has 0 bridgehead atoms. The highest BCUT2D eigenvalue weighted by Crippen LogP contribution is 2.22. The summed E-state index contributed by atoms with van der Waals surface area (Å²) in [5.74, 6) is 0. The molecule has 0 amide bonds. The fourth-order valence-electron chi connectivity index (χ4n) is 2.26. The first kappa shape index (κ1) is 16.8. The van der Waals surface area contributed by atoms with E-state index in [1.165, 1.54) is 11.3 Å². The monoisotopic (exact) mass is 307 g/mol. The molecule has 3 nitrogen and oxygen atoms in total. The number of hydrogen-bond donors (Lipinski definition) is 0. The molecule has 0 fully saturated rings. The van der Waals surface area contributed by atoms with Crippen LogP contribution in [0.5, 0.6) is 0 Å². The van der Waals surface area contributed by atoms with E-state index in [-0.39, 0.29) is 0 Å². The first-order valence-electron chi connectivity index (χ1n) is 8.02. The summed E-state index contributed by atoms with van der Waals surface area (Å²) in [6, 6.07) is 16.9. The lowest BCUT2D eigenvalue weighted by Crippen LogP contribution is -2.07. The van der Waals surface area contributed by atoms with Gasteiger partial charge in [0.05, 0.1) is 12.0 Å². The normalized spacial score (nSPS) is 9.96. The van der Waals surface area contributed by atoms with Crippen molar-refractivity contribution in [2.24, 2.45) is 0 Å². The molecule has 0 unspecified atom stereocenters. The Morgan fingerprint density at radius 2 is 1.48 bits per heavy atom. The van der Waals surface area contributed by atoms with Crippen LogP contribution in [0.3, 0.4) is 0 Å². The second-order valence-corrected chi connectivity index (χ2v) is 5.44. The molecule has 1 aromatic heterocycles. The van der Waals surface area contributed by atoms with Gasteiger partial charge in [-0.2, -0.15) is 0 Å². The van der Waals surface area contributed by atoms with Gasteiger partial charge in [0.2, 0.25) is 0 Å². The van der Waals surface area contributed by atoms with E-state index < -0.39 is 0 Å². The summed E-state index contributed by atoms with van der Waals surface area (Å²) in [5.41, 5.74) is 5.70. The molecule has 0 aliphatic carbocycles. The highest BCUT2D eigenvalue weighted by molar-refractivity contribution is 5.63. The average Bonchev–Trinajstić information content (AvgIpc) is 3.07. The van der Waals surface area contributed by atoms with Crippen LogP contribution in [0.25, 0.3) is 16.9 Å². The van der Waals surface area contributed by atoms with E-state index in [9.17, 15) is 0 Å². The summed E-state index contributed by atoms with van der Waals surface area (Å²) in [4.78, 5) is 6.60. The Hall–Kier alpha value is -2.55. The Labute approximate surface area is 139 Å². The van der Waals surface area contributed by atoms with Crippen molar-refractivity contribution in [3.63, 3.8) is 0 Å². The number of benzene rings is 2. The fourth-order valence-corrected chi connectivity index (χ4v) is 2.26. The number of imidazole rings is 1. The number of aryl methyl sites for hydroxylation is 1. The van der Waals surface area contributed by atoms with E-state index >= 15 is 0 Å². The van der Waals surface area contributed by atoms with E-state index in [4.69, 9.17) is 0 Å². The van der Waals surface area contributed by atoms with Crippen molar-refractivity contribution in [3.05, 3.63) is 66.6 Å². The standard InChI is InChI=1S/C18H19N3.C2H6/c1-14-4-8-17(9-5-14)21-12-18(19-13-21)15-6-10-16(11-7-15)20(2)3;1-2/h4-13H,1-3H3;1-2H3. The Bertz CT molecular complexity index is 722. The van der Waals surface area contributed by atoms with Crippen molar-refractivity contribution in [1.82, 2.24) is 9.55 Å². The zero-order valence-corrected chi connectivity index (χ0v) is 14.6. The molecule has 0 saturated heterocycles. The molecule has 3 rings (SSSR count). The minimum atomic E-state index is 0.987. The lowest BCUT2D eigenvalue weighted by molar-refractivity contribution is 1.06. The summed E-state index contributed by atoms with van der Waals surface area (Å²) in [6.45, 7) is 6.09. The number of hydrogen-bond acceptors (Lipinski definition) is 2. The minimum absolute atomic E-state index is 0.987. The Morgan fingerprint density at radius 1 is 0.870 bits per heavy atom. The molecule has 0 N–H and O–H groups in total. The van der Waals surface area contributed by atoms with E-state index in [1.54, 1.807) is 0 Å². The first-order chi connectivity index (χ1) is 11.1. The van der Waals surface area contributed by atoms with Gasteiger partial charge in [0.15, 0.2) is 0 Å². The van der Waals surface area contributed by atoms with Gasteiger partial charge >= 0.3 is 0 Å². The third-order valence-electron chi connectivity index (χ3n) is 3.59. The molecule has 1 heterocycles. The summed E-state index contributed by atoms with van der Waals surface area (Å²) in [5, 5.41) is 0. The van der Waals surface area contributed by atoms with Crippen LogP contribution in [0.15, 0.2) is 61.1 Å².